The van der Waals surface area contributed by atoms with Crippen LogP contribution in [0.2, 0.25) is 0 Å². The first-order chi connectivity index (χ1) is 57.5. The number of aromatic nitrogens is 4. The molecule has 0 aliphatic carbocycles. The number of ether oxygens (including phenoxy) is 4. The van der Waals surface area contributed by atoms with Crippen LogP contribution in [0, 0.1) is 39.3 Å². The van der Waals surface area contributed by atoms with Crippen LogP contribution < -0.4 is 25.6 Å². The number of fused-ring (bicyclic) bond motifs is 3. The molecule has 0 bridgehead atoms. The smallest absolute Gasteiger partial charge is 0.413 e. The molecule has 15 aromatic rings. The highest BCUT2D eigenvalue weighted by Gasteiger charge is 2.40. The summed E-state index contributed by atoms with van der Waals surface area (Å²) in [6.07, 6.45) is 2.58. The van der Waals surface area contributed by atoms with Crippen LogP contribution in [0.3, 0.4) is 0 Å². The van der Waals surface area contributed by atoms with Gasteiger partial charge in [-0.3, -0.25) is 24.3 Å². The van der Waals surface area contributed by atoms with Crippen molar-refractivity contribution < 1.29 is 51.4 Å². The second kappa shape index (κ2) is 39.7. The molecule has 602 valence electrons. The number of hydrogen-bond donors (Lipinski definition) is 2. The summed E-state index contributed by atoms with van der Waals surface area (Å²) in [7, 11) is 3.18. The average molecular weight is 1590 g/mol. The largest absolute Gasteiger partial charge is 0.496 e. The van der Waals surface area contributed by atoms with E-state index >= 15 is 0 Å². The predicted octanol–water partition coefficient (Wildman–Crippen LogP) is 22.7. The van der Waals surface area contributed by atoms with Gasteiger partial charge in [-0.15, -0.1) is 0 Å². The molecule has 119 heavy (non-hydrogen) atoms. The van der Waals surface area contributed by atoms with Gasteiger partial charge < -0.3 is 33.0 Å². The summed E-state index contributed by atoms with van der Waals surface area (Å²) < 4.78 is 63.5. The Labute approximate surface area is 687 Å². The zero-order valence-electron chi connectivity index (χ0n) is 67.6. The topological polar surface area (TPSA) is 268 Å². The summed E-state index contributed by atoms with van der Waals surface area (Å²) in [4.78, 5) is 68.0. The fourth-order valence-corrected chi connectivity index (χ4v) is 13.8. The van der Waals surface area contributed by atoms with E-state index in [9.17, 15) is 28.0 Å². The van der Waals surface area contributed by atoms with Crippen molar-refractivity contribution in [3.8, 4) is 33.8 Å². The lowest BCUT2D eigenvalue weighted by molar-refractivity contribution is 0.0389. The van der Waals surface area contributed by atoms with Crippen LogP contribution in [0.4, 0.5) is 19.4 Å². The molecule has 0 aliphatic rings. The lowest BCUT2D eigenvalue weighted by Gasteiger charge is -2.37. The number of halogens is 2. The van der Waals surface area contributed by atoms with Gasteiger partial charge in [0.05, 0.1) is 61.5 Å². The number of aryl methyl sites for hydroxylation is 4. The van der Waals surface area contributed by atoms with E-state index in [0.29, 0.717) is 75.2 Å². The number of imidazole rings is 1. The quantitative estimate of drug-likeness (QED) is 0.0111. The molecule has 11 aromatic carbocycles. The Morgan fingerprint density at radius 1 is 0.588 bits per heavy atom. The number of nitrogens with one attached hydrogen (secondary N) is 1. The number of Topliss-reactive ketones (excluding diaryl/α,β-unsaturated/α-hetero) is 1. The number of nitrogens with zero attached hydrogens (tertiary/aromatic N) is 8. The molecule has 0 aliphatic heterocycles. The first kappa shape index (κ1) is 85.4. The van der Waals surface area contributed by atoms with Gasteiger partial charge in [-0.05, 0) is 166 Å². The van der Waals surface area contributed by atoms with Gasteiger partial charge in [0.2, 0.25) is 10.9 Å². The third-order valence-corrected chi connectivity index (χ3v) is 19.2. The molecule has 4 heterocycles. The third-order valence-electron chi connectivity index (χ3n) is 19.2. The van der Waals surface area contributed by atoms with Crippen molar-refractivity contribution in [2.24, 2.45) is 10.3 Å². The number of amides is 1. The molecule has 0 spiro atoms. The highest BCUT2D eigenvalue weighted by Crippen LogP contribution is 2.43. The standard InChI is InChI=1S/C30H29N5O2.C25H22O3.C17H11F2N3O2.C16H16O2.C9H11NO2/c1-21-32-26(34-28(36)37-29(2,3)4)25-27(33-21)35(20-31-25)30(22-14-8-5-9-15-22,23-16-10-6-11-17-23)24-18-12-7-13-19-24;1-17-10-9-15-21-22(17)24(26)23(20-13-7-4-8-14-20)25(28-21)18(2)27-16-19-11-5-3-6-12-19;1-9(21-22-20)17-14(10-4-2-5-11(18)8-10)16(23)15-12(19)6-3-7-13(15)24-17;1-12-7-6-10-15(18-2)16(12)14(17)11-13-8-4-3-5-9-13;1-7-4-3-5-9(12-2)8(7)6-10-11/h5-20H,1-4H3,(H,32,33,34,36);3-15,18H,16H2,1-2H3;2-9H,1H3;3-10H,11H2,1-2H3;3-6,11H,1-2H3/b;;;;10-6+. The van der Waals surface area contributed by atoms with E-state index in [1.54, 1.807) is 27.5 Å². The number of benzene rings is 11. The van der Waals surface area contributed by atoms with E-state index in [0.717, 1.165) is 67.8 Å². The molecule has 2 unspecified atom stereocenters. The van der Waals surface area contributed by atoms with Crippen LogP contribution in [0.1, 0.15) is 125 Å². The van der Waals surface area contributed by atoms with Crippen molar-refractivity contribution in [2.75, 3.05) is 19.5 Å². The van der Waals surface area contributed by atoms with Crippen LogP contribution in [0.5, 0.6) is 11.5 Å². The molecule has 1 amide bonds. The molecule has 20 nitrogen and oxygen atoms in total. The highest BCUT2D eigenvalue weighted by atomic mass is 19.1. The van der Waals surface area contributed by atoms with E-state index in [2.05, 4.69) is 66.4 Å². The first-order valence-corrected chi connectivity index (χ1v) is 38.2. The van der Waals surface area contributed by atoms with Crippen molar-refractivity contribution in [1.29, 1.82) is 0 Å². The number of carbonyl (C=O) groups excluding carboxylic acids is 2. The number of carbonyl (C=O) groups is 2. The fraction of sp³-hybridized carbons (Fsp3) is 0.175. The Morgan fingerprint density at radius 2 is 1.08 bits per heavy atom. The minimum atomic E-state index is -0.825. The van der Waals surface area contributed by atoms with E-state index in [1.807, 2.05) is 249 Å². The van der Waals surface area contributed by atoms with Crippen molar-refractivity contribution >= 4 is 57.0 Å². The Balaban J connectivity index is 0.000000152. The van der Waals surface area contributed by atoms with Gasteiger partial charge in [0.25, 0.3) is 0 Å². The molecular formula is C97H89F2N9O11. The number of rotatable bonds is 19. The van der Waals surface area contributed by atoms with Gasteiger partial charge in [-0.1, -0.05) is 247 Å². The number of methoxy groups -OCH3 is 2. The zero-order chi connectivity index (χ0) is 84.8. The summed E-state index contributed by atoms with van der Waals surface area (Å²) in [6, 6.07) is 85.7. The highest BCUT2D eigenvalue weighted by molar-refractivity contribution is 6.01. The number of anilines is 1. The van der Waals surface area contributed by atoms with Gasteiger partial charge in [-0.2, -0.15) is 0 Å². The average Bonchev–Trinajstić information content (AvgIpc) is 1.64. The predicted molar refractivity (Wildman–Crippen MR) is 462 cm³/mol. The number of hydrogen-bond acceptors (Lipinski definition) is 16. The minimum Gasteiger partial charge on any atom is -0.496 e. The van der Waals surface area contributed by atoms with Crippen LogP contribution in [-0.2, 0) is 28.0 Å². The summed E-state index contributed by atoms with van der Waals surface area (Å²) in [5.41, 5.74) is 19.5. The molecular weight excluding hydrogens is 1510 g/mol. The summed E-state index contributed by atoms with van der Waals surface area (Å²) in [5, 5.41) is 18.1. The fourth-order valence-electron chi connectivity index (χ4n) is 13.8. The maximum absolute atomic E-state index is 14.1. The monoisotopic (exact) mass is 1590 g/mol. The first-order valence-electron chi connectivity index (χ1n) is 38.2. The van der Waals surface area contributed by atoms with E-state index in [-0.39, 0.29) is 45.2 Å². The van der Waals surface area contributed by atoms with Gasteiger partial charge in [0.1, 0.15) is 74.3 Å². The second-order valence-electron chi connectivity index (χ2n) is 28.6. The maximum Gasteiger partial charge on any atom is 0.413 e. The second-order valence-corrected chi connectivity index (χ2v) is 28.6. The molecule has 0 fully saturated rings. The van der Waals surface area contributed by atoms with Crippen molar-refractivity contribution in [2.45, 2.75) is 98.6 Å². The Morgan fingerprint density at radius 3 is 1.66 bits per heavy atom. The van der Waals surface area contributed by atoms with Gasteiger partial charge in [0, 0.05) is 16.9 Å². The SMILES string of the molecule is CC(N=[N+]=[N-])c1oc2cccc(F)c2c(=O)c1-c1cccc(F)c1.COc1cccc(C)c1/C=N/O.COc1cccc(C)c1C(=O)Cc1ccccc1.Cc1cccc2oc(C(C)OCc3ccccc3)c(-c3ccccc3)c(=O)c12.Cc1nc(NC(=O)OC(C)(C)C)c2ncn(C(c3ccccc3)(c3ccccc3)c3ccccc3)c2n1. The molecule has 22 heteroatoms. The maximum atomic E-state index is 14.1. The van der Waals surface area contributed by atoms with Crippen LogP contribution in [0.15, 0.2) is 314 Å². The van der Waals surface area contributed by atoms with Crippen molar-refractivity contribution in [3.63, 3.8) is 0 Å². The zero-order valence-corrected chi connectivity index (χ0v) is 67.6. The van der Waals surface area contributed by atoms with E-state index < -0.39 is 40.3 Å². The van der Waals surface area contributed by atoms with Gasteiger partial charge in [-0.25, -0.2) is 28.5 Å². The molecule has 15 rings (SSSR count). The molecule has 4 aromatic heterocycles. The van der Waals surface area contributed by atoms with Crippen LogP contribution >= 0.6 is 0 Å². The normalized spacial score (nSPS) is 11.6. The molecule has 2 atom stereocenters. The lowest BCUT2D eigenvalue weighted by Crippen LogP contribution is -2.37. The van der Waals surface area contributed by atoms with Gasteiger partial charge >= 0.3 is 6.09 Å². The van der Waals surface area contributed by atoms with E-state index in [4.69, 9.17) is 48.5 Å². The summed E-state index contributed by atoms with van der Waals surface area (Å²) >= 11 is 0. The molecule has 0 saturated heterocycles. The molecule has 2 N–H and O–H groups in total. The van der Waals surface area contributed by atoms with Crippen molar-refractivity contribution in [3.05, 3.63) is 401 Å². The summed E-state index contributed by atoms with van der Waals surface area (Å²) in [5.74, 6) is 1.60. The molecule has 0 saturated carbocycles. The minimum absolute atomic E-state index is 0.0179. The van der Waals surface area contributed by atoms with Crippen LogP contribution in [-0.4, -0.2) is 62.6 Å². The Bertz CT molecular complexity index is 6130. The Kier molecular flexibility index (Phi) is 28.5. The number of oxime groups is 1. The number of ketones is 1. The van der Waals surface area contributed by atoms with Gasteiger partial charge in [0.15, 0.2) is 22.8 Å². The van der Waals surface area contributed by atoms with Crippen LogP contribution in [0.25, 0.3) is 65.8 Å². The lowest BCUT2D eigenvalue weighted by atomic mass is 9.76. The third kappa shape index (κ3) is 20.4. The van der Waals surface area contributed by atoms with Crippen molar-refractivity contribution in [1.82, 2.24) is 19.5 Å². The molecule has 0 radical (unpaired) electrons. The van der Waals surface area contributed by atoms with E-state index in [1.165, 1.54) is 43.5 Å². The Hall–Kier alpha value is -14.5. The summed E-state index contributed by atoms with van der Waals surface area (Å²) in [6.45, 7) is 16.9. The number of azide groups is 1.